The van der Waals surface area contributed by atoms with E-state index in [0.29, 0.717) is 21.3 Å². The standard InChI is InChI=1S/C18H14Cl2FNO3/c1-9-6-14(23)18-15(5-3-12(21)17(9)18)25-8-16(24)22-13-4-2-10(19)7-11(13)20/h2-5,7,9H,6,8H2,1H3,(H,22,24)/t9-/m1/s1. The molecule has 2 aromatic carbocycles. The molecule has 1 aliphatic rings. The summed E-state index contributed by atoms with van der Waals surface area (Å²) in [7, 11) is 0. The van der Waals surface area contributed by atoms with Crippen LogP contribution in [0, 0.1) is 5.82 Å². The average molecular weight is 382 g/mol. The summed E-state index contributed by atoms with van der Waals surface area (Å²) in [5.74, 6) is -1.06. The normalized spacial score (nSPS) is 15.8. The molecule has 0 aromatic heterocycles. The quantitative estimate of drug-likeness (QED) is 0.823. The number of rotatable bonds is 4. The third kappa shape index (κ3) is 3.62. The highest BCUT2D eigenvalue weighted by Crippen LogP contribution is 2.39. The number of ketones is 1. The SMILES string of the molecule is C[C@@H]1CC(=O)c2c(OCC(=O)Nc3ccc(Cl)cc3Cl)ccc(F)c21. The molecule has 1 N–H and O–H groups in total. The van der Waals surface area contributed by atoms with Gasteiger partial charge in [-0.2, -0.15) is 0 Å². The van der Waals surface area contributed by atoms with E-state index >= 15 is 0 Å². The van der Waals surface area contributed by atoms with Crippen LogP contribution in [0.2, 0.25) is 10.0 Å². The van der Waals surface area contributed by atoms with Gasteiger partial charge in [0.1, 0.15) is 11.6 Å². The molecule has 0 fully saturated rings. The Balaban J connectivity index is 1.72. The van der Waals surface area contributed by atoms with Gasteiger partial charge in [-0.25, -0.2) is 4.39 Å². The Bertz CT molecular complexity index is 870. The number of carbonyl (C=O) groups is 2. The molecular weight excluding hydrogens is 368 g/mol. The van der Waals surface area contributed by atoms with E-state index in [1.54, 1.807) is 19.1 Å². The summed E-state index contributed by atoms with van der Waals surface area (Å²) in [4.78, 5) is 24.1. The summed E-state index contributed by atoms with van der Waals surface area (Å²) in [6.45, 7) is 1.45. The molecule has 7 heteroatoms. The van der Waals surface area contributed by atoms with Crippen molar-refractivity contribution in [3.05, 3.63) is 57.3 Å². The minimum Gasteiger partial charge on any atom is -0.483 e. The van der Waals surface area contributed by atoms with Crippen molar-refractivity contribution in [3.63, 3.8) is 0 Å². The average Bonchev–Trinajstić information content (AvgIpc) is 2.85. The minimum atomic E-state index is -0.458. The molecule has 0 radical (unpaired) electrons. The fourth-order valence-corrected chi connectivity index (χ4v) is 3.32. The smallest absolute Gasteiger partial charge is 0.262 e. The van der Waals surface area contributed by atoms with E-state index in [0.717, 1.165) is 0 Å². The lowest BCUT2D eigenvalue weighted by atomic mass is 10.0. The molecule has 0 saturated carbocycles. The van der Waals surface area contributed by atoms with Crippen molar-refractivity contribution in [1.82, 2.24) is 0 Å². The first-order chi connectivity index (χ1) is 11.9. The molecule has 1 aliphatic carbocycles. The number of halogens is 3. The van der Waals surface area contributed by atoms with E-state index in [9.17, 15) is 14.0 Å². The number of hydrogen-bond acceptors (Lipinski definition) is 3. The lowest BCUT2D eigenvalue weighted by Gasteiger charge is -2.12. The van der Waals surface area contributed by atoms with E-state index in [1.165, 1.54) is 18.2 Å². The van der Waals surface area contributed by atoms with Gasteiger partial charge in [0.05, 0.1) is 16.3 Å². The lowest BCUT2D eigenvalue weighted by molar-refractivity contribution is -0.118. The summed E-state index contributed by atoms with van der Waals surface area (Å²) in [5.41, 5.74) is 0.974. The molecule has 25 heavy (non-hydrogen) atoms. The van der Waals surface area contributed by atoms with Crippen LogP contribution in [-0.2, 0) is 4.79 Å². The summed E-state index contributed by atoms with van der Waals surface area (Å²) >= 11 is 11.8. The number of Topliss-reactive ketones (excluding diaryl/α,β-unsaturated/α-hetero) is 1. The Labute approximate surface area is 153 Å². The van der Waals surface area contributed by atoms with Crippen LogP contribution in [0.1, 0.15) is 35.2 Å². The van der Waals surface area contributed by atoms with Gasteiger partial charge in [0.25, 0.3) is 5.91 Å². The number of amides is 1. The number of anilines is 1. The Morgan fingerprint density at radius 2 is 2.08 bits per heavy atom. The number of nitrogens with one attached hydrogen (secondary N) is 1. The van der Waals surface area contributed by atoms with Crippen LogP contribution >= 0.6 is 23.2 Å². The number of carbonyl (C=O) groups excluding carboxylic acids is 2. The molecular formula is C18H14Cl2FNO3. The second kappa shape index (κ2) is 7.02. The highest BCUT2D eigenvalue weighted by Gasteiger charge is 2.32. The predicted octanol–water partition coefficient (Wildman–Crippen LogP) is 4.84. The van der Waals surface area contributed by atoms with Crippen molar-refractivity contribution in [2.45, 2.75) is 19.3 Å². The van der Waals surface area contributed by atoms with Gasteiger partial charge in [0.15, 0.2) is 12.4 Å². The van der Waals surface area contributed by atoms with E-state index in [1.807, 2.05) is 0 Å². The first-order valence-electron chi connectivity index (χ1n) is 7.60. The zero-order valence-corrected chi connectivity index (χ0v) is 14.7. The monoisotopic (exact) mass is 381 g/mol. The van der Waals surface area contributed by atoms with Gasteiger partial charge in [-0.1, -0.05) is 30.1 Å². The van der Waals surface area contributed by atoms with Gasteiger partial charge in [-0.05, 0) is 36.2 Å². The van der Waals surface area contributed by atoms with Crippen molar-refractivity contribution in [2.24, 2.45) is 0 Å². The predicted molar refractivity (Wildman–Crippen MR) is 94.3 cm³/mol. The maximum Gasteiger partial charge on any atom is 0.262 e. The van der Waals surface area contributed by atoms with Crippen LogP contribution in [-0.4, -0.2) is 18.3 Å². The van der Waals surface area contributed by atoms with Gasteiger partial charge in [0.2, 0.25) is 0 Å². The van der Waals surface area contributed by atoms with Crippen LogP contribution in [0.5, 0.6) is 5.75 Å². The maximum atomic E-state index is 13.9. The van der Waals surface area contributed by atoms with Crippen molar-refractivity contribution in [2.75, 3.05) is 11.9 Å². The van der Waals surface area contributed by atoms with Crippen LogP contribution in [0.4, 0.5) is 10.1 Å². The molecule has 0 unspecified atom stereocenters. The number of benzene rings is 2. The molecule has 0 aliphatic heterocycles. The minimum absolute atomic E-state index is 0.182. The fraction of sp³-hybridized carbons (Fsp3) is 0.222. The van der Waals surface area contributed by atoms with Gasteiger partial charge in [0, 0.05) is 17.0 Å². The maximum absolute atomic E-state index is 13.9. The molecule has 2 aromatic rings. The molecule has 4 nitrogen and oxygen atoms in total. The van der Waals surface area contributed by atoms with Gasteiger partial charge >= 0.3 is 0 Å². The van der Waals surface area contributed by atoms with E-state index in [2.05, 4.69) is 5.32 Å². The topological polar surface area (TPSA) is 55.4 Å². The van der Waals surface area contributed by atoms with E-state index in [4.69, 9.17) is 27.9 Å². The van der Waals surface area contributed by atoms with Crippen molar-refractivity contribution in [3.8, 4) is 5.75 Å². The second-order valence-corrected chi connectivity index (χ2v) is 6.67. The molecule has 0 heterocycles. The van der Waals surface area contributed by atoms with Gasteiger partial charge in [-0.3, -0.25) is 9.59 Å². The highest BCUT2D eigenvalue weighted by atomic mass is 35.5. The molecule has 1 amide bonds. The third-order valence-electron chi connectivity index (χ3n) is 3.98. The number of hydrogen-bond donors (Lipinski definition) is 1. The first kappa shape index (κ1) is 17.7. The molecule has 0 bridgehead atoms. The number of ether oxygens (including phenoxy) is 1. The first-order valence-corrected chi connectivity index (χ1v) is 8.35. The summed E-state index contributed by atoms with van der Waals surface area (Å²) in [5, 5.41) is 3.34. The van der Waals surface area contributed by atoms with Crippen molar-refractivity contribution < 1.29 is 18.7 Å². The molecule has 130 valence electrons. The Morgan fingerprint density at radius 3 is 2.80 bits per heavy atom. The summed E-state index contributed by atoms with van der Waals surface area (Å²) in [6.07, 6.45) is 0.235. The lowest BCUT2D eigenvalue weighted by Crippen LogP contribution is -2.21. The van der Waals surface area contributed by atoms with Gasteiger partial charge < -0.3 is 10.1 Å². The fourth-order valence-electron chi connectivity index (χ4n) is 2.87. The summed E-state index contributed by atoms with van der Waals surface area (Å²) in [6, 6.07) is 7.29. The third-order valence-corrected chi connectivity index (χ3v) is 4.53. The Morgan fingerprint density at radius 1 is 1.32 bits per heavy atom. The van der Waals surface area contributed by atoms with Crippen LogP contribution in [0.15, 0.2) is 30.3 Å². The van der Waals surface area contributed by atoms with Crippen molar-refractivity contribution >= 4 is 40.6 Å². The molecule has 3 rings (SSSR count). The zero-order chi connectivity index (χ0) is 18.1. The molecule has 0 saturated heterocycles. The zero-order valence-electron chi connectivity index (χ0n) is 13.2. The van der Waals surface area contributed by atoms with Gasteiger partial charge in [-0.15, -0.1) is 0 Å². The second-order valence-electron chi connectivity index (χ2n) is 5.82. The van der Waals surface area contributed by atoms with E-state index < -0.39 is 11.7 Å². The molecule has 1 atom stereocenters. The van der Waals surface area contributed by atoms with Crippen molar-refractivity contribution in [1.29, 1.82) is 0 Å². The Kier molecular flexibility index (Phi) is 4.97. The van der Waals surface area contributed by atoms with E-state index in [-0.39, 0.29) is 36.0 Å². The van der Waals surface area contributed by atoms with Crippen LogP contribution in [0.25, 0.3) is 0 Å². The molecule has 0 spiro atoms. The highest BCUT2D eigenvalue weighted by molar-refractivity contribution is 6.36. The Hall–Kier alpha value is -2.11. The largest absolute Gasteiger partial charge is 0.483 e. The number of fused-ring (bicyclic) bond motifs is 1. The van der Waals surface area contributed by atoms with Crippen LogP contribution < -0.4 is 10.1 Å². The summed E-state index contributed by atoms with van der Waals surface area (Å²) < 4.78 is 19.4. The van der Waals surface area contributed by atoms with Crippen LogP contribution in [0.3, 0.4) is 0 Å².